The van der Waals surface area contributed by atoms with Crippen molar-refractivity contribution in [3.63, 3.8) is 0 Å². The maximum Gasteiger partial charge on any atom is 0.220 e. The lowest BCUT2D eigenvalue weighted by Crippen LogP contribution is -2.35. The number of carbonyl (C=O) groups is 1. The van der Waals surface area contributed by atoms with Crippen LogP contribution in [0, 0.1) is 5.92 Å². The number of hydrogen-bond acceptors (Lipinski definition) is 6. The van der Waals surface area contributed by atoms with Crippen molar-refractivity contribution in [2.45, 2.75) is 51.2 Å². The maximum absolute atomic E-state index is 12.0. The van der Waals surface area contributed by atoms with Gasteiger partial charge in [-0.05, 0) is 51.1 Å². The van der Waals surface area contributed by atoms with Crippen molar-refractivity contribution < 1.29 is 9.53 Å². The Kier molecular flexibility index (Phi) is 6.58. The molecule has 2 saturated heterocycles. The summed E-state index contributed by atoms with van der Waals surface area (Å²) in [4.78, 5) is 22.5. The zero-order valence-corrected chi connectivity index (χ0v) is 14.8. The van der Waals surface area contributed by atoms with E-state index in [-0.39, 0.29) is 12.0 Å². The molecule has 2 aliphatic heterocycles. The number of rotatable bonds is 7. The number of amides is 1. The molecule has 1 aromatic heterocycles. The molecule has 138 valence electrons. The normalized spacial score (nSPS) is 22.2. The number of anilines is 1. The first-order valence-corrected chi connectivity index (χ1v) is 9.36. The molecule has 3 rings (SSSR count). The molecule has 0 spiro atoms. The number of hydrogen-bond donors (Lipinski definition) is 2. The molecule has 3 heterocycles. The minimum absolute atomic E-state index is 0.164. The van der Waals surface area contributed by atoms with Gasteiger partial charge in [-0.1, -0.05) is 0 Å². The van der Waals surface area contributed by atoms with Crippen molar-refractivity contribution in [1.82, 2.24) is 20.2 Å². The predicted octanol–water partition coefficient (Wildman–Crippen LogP) is 1.35. The van der Waals surface area contributed by atoms with E-state index >= 15 is 0 Å². The van der Waals surface area contributed by atoms with Crippen LogP contribution in [0.1, 0.15) is 44.1 Å². The van der Waals surface area contributed by atoms with Gasteiger partial charge in [-0.15, -0.1) is 0 Å². The monoisotopic (exact) mass is 347 g/mol. The lowest BCUT2D eigenvalue weighted by atomic mass is 9.92. The van der Waals surface area contributed by atoms with Crippen LogP contribution in [0.3, 0.4) is 0 Å². The molecule has 1 aromatic rings. The van der Waals surface area contributed by atoms with E-state index in [1.807, 2.05) is 0 Å². The smallest absolute Gasteiger partial charge is 0.220 e. The van der Waals surface area contributed by atoms with Gasteiger partial charge in [-0.25, -0.2) is 9.97 Å². The average molecular weight is 347 g/mol. The molecule has 3 N–H and O–H groups in total. The van der Waals surface area contributed by atoms with E-state index in [0.717, 1.165) is 63.9 Å². The van der Waals surface area contributed by atoms with Crippen LogP contribution in [0.5, 0.6) is 0 Å². The molecule has 1 atom stereocenters. The lowest BCUT2D eigenvalue weighted by molar-refractivity contribution is -0.122. The summed E-state index contributed by atoms with van der Waals surface area (Å²) in [6.07, 6.45) is 9.91. The predicted molar refractivity (Wildman–Crippen MR) is 95.7 cm³/mol. The molecule has 7 heteroatoms. The number of aromatic nitrogens is 2. The Hall–Kier alpha value is -1.73. The molecule has 7 nitrogen and oxygen atoms in total. The highest BCUT2D eigenvalue weighted by Crippen LogP contribution is 2.23. The van der Waals surface area contributed by atoms with Gasteiger partial charge in [0.15, 0.2) is 0 Å². The Bertz CT molecular complexity index is 537. The van der Waals surface area contributed by atoms with Crippen LogP contribution in [-0.4, -0.2) is 53.1 Å². The molecule has 0 saturated carbocycles. The third kappa shape index (κ3) is 5.93. The summed E-state index contributed by atoms with van der Waals surface area (Å²) in [5.74, 6) is 1.13. The summed E-state index contributed by atoms with van der Waals surface area (Å²) >= 11 is 0. The Balaban J connectivity index is 1.29. The maximum atomic E-state index is 12.0. The fourth-order valence-electron chi connectivity index (χ4n) is 3.59. The van der Waals surface area contributed by atoms with E-state index in [9.17, 15) is 4.79 Å². The van der Waals surface area contributed by atoms with Crippen molar-refractivity contribution in [3.05, 3.63) is 18.0 Å². The van der Waals surface area contributed by atoms with Gasteiger partial charge in [0, 0.05) is 44.1 Å². The third-order valence-electron chi connectivity index (χ3n) is 5.17. The van der Waals surface area contributed by atoms with Crippen LogP contribution in [0.25, 0.3) is 0 Å². The highest BCUT2D eigenvalue weighted by atomic mass is 16.5. The summed E-state index contributed by atoms with van der Waals surface area (Å²) < 4.78 is 5.53. The molecular weight excluding hydrogens is 318 g/mol. The zero-order chi connectivity index (χ0) is 17.5. The van der Waals surface area contributed by atoms with Gasteiger partial charge in [-0.2, -0.15) is 0 Å². The fourth-order valence-corrected chi connectivity index (χ4v) is 3.59. The van der Waals surface area contributed by atoms with Crippen LogP contribution in [0.4, 0.5) is 5.95 Å². The number of nitrogens with one attached hydrogen (secondary N) is 1. The van der Waals surface area contributed by atoms with Crippen molar-refractivity contribution in [3.8, 4) is 0 Å². The van der Waals surface area contributed by atoms with Gasteiger partial charge in [-0.3, -0.25) is 9.69 Å². The molecule has 2 fully saturated rings. The topological polar surface area (TPSA) is 93.4 Å². The number of nitrogens with two attached hydrogens (primary N) is 1. The molecular formula is C18H29N5O2. The second kappa shape index (κ2) is 9.10. The van der Waals surface area contributed by atoms with E-state index in [1.54, 1.807) is 12.4 Å². The average Bonchev–Trinajstić information content (AvgIpc) is 3.15. The van der Waals surface area contributed by atoms with Gasteiger partial charge in [0.2, 0.25) is 11.9 Å². The minimum atomic E-state index is 0.164. The van der Waals surface area contributed by atoms with Crippen LogP contribution in [-0.2, 0) is 16.1 Å². The van der Waals surface area contributed by atoms with Crippen LogP contribution in [0.15, 0.2) is 12.4 Å². The van der Waals surface area contributed by atoms with E-state index in [2.05, 4.69) is 20.2 Å². The zero-order valence-electron chi connectivity index (χ0n) is 14.8. The van der Waals surface area contributed by atoms with Crippen molar-refractivity contribution in [2.24, 2.45) is 5.92 Å². The van der Waals surface area contributed by atoms with Crippen LogP contribution < -0.4 is 11.1 Å². The molecule has 25 heavy (non-hydrogen) atoms. The molecule has 0 radical (unpaired) electrons. The summed E-state index contributed by atoms with van der Waals surface area (Å²) in [7, 11) is 0. The molecule has 0 aliphatic carbocycles. The summed E-state index contributed by atoms with van der Waals surface area (Å²) in [6.45, 7) is 4.50. The first-order chi connectivity index (χ1) is 12.2. The van der Waals surface area contributed by atoms with Crippen molar-refractivity contribution in [2.75, 3.05) is 32.0 Å². The molecule has 0 bridgehead atoms. The lowest BCUT2D eigenvalue weighted by Gasteiger charge is -2.31. The van der Waals surface area contributed by atoms with Gasteiger partial charge in [0.05, 0.1) is 6.10 Å². The van der Waals surface area contributed by atoms with Gasteiger partial charge < -0.3 is 15.8 Å². The first kappa shape index (κ1) is 18.1. The minimum Gasteiger partial charge on any atom is -0.376 e. The van der Waals surface area contributed by atoms with Crippen molar-refractivity contribution in [1.29, 1.82) is 0 Å². The Labute approximate surface area is 149 Å². The first-order valence-electron chi connectivity index (χ1n) is 9.36. The SMILES string of the molecule is Nc1ncc(CN2CCC(CCC(=O)NCC3CCCO3)CC2)cn1. The number of nitrogen functional groups attached to an aromatic ring is 1. The number of nitrogens with zero attached hydrogens (tertiary/aromatic N) is 3. The van der Waals surface area contributed by atoms with Crippen molar-refractivity contribution >= 4 is 11.9 Å². The molecule has 1 unspecified atom stereocenters. The highest BCUT2D eigenvalue weighted by molar-refractivity contribution is 5.75. The van der Waals surface area contributed by atoms with Crippen LogP contribution >= 0.6 is 0 Å². The fraction of sp³-hybridized carbons (Fsp3) is 0.722. The Morgan fingerprint density at radius 3 is 2.72 bits per heavy atom. The third-order valence-corrected chi connectivity index (χ3v) is 5.17. The second-order valence-electron chi connectivity index (χ2n) is 7.15. The molecule has 0 aromatic carbocycles. The summed E-state index contributed by atoms with van der Waals surface area (Å²) in [5.41, 5.74) is 6.62. The number of ether oxygens (including phenoxy) is 1. The largest absolute Gasteiger partial charge is 0.376 e. The van der Waals surface area contributed by atoms with Gasteiger partial charge in [0.1, 0.15) is 0 Å². The standard InChI is InChI=1S/C18H29N5O2/c19-18-21-10-15(11-22-18)13-23-7-5-14(6-8-23)3-4-17(24)20-12-16-2-1-9-25-16/h10-11,14,16H,1-9,12-13H2,(H,20,24)(H2,19,21,22). The molecule has 1 amide bonds. The Morgan fingerprint density at radius 2 is 2.04 bits per heavy atom. The number of carbonyl (C=O) groups excluding carboxylic acids is 1. The summed E-state index contributed by atoms with van der Waals surface area (Å²) in [6, 6.07) is 0. The Morgan fingerprint density at radius 1 is 1.28 bits per heavy atom. The van der Waals surface area contributed by atoms with Gasteiger partial charge >= 0.3 is 0 Å². The number of piperidine rings is 1. The van der Waals surface area contributed by atoms with Gasteiger partial charge in [0.25, 0.3) is 0 Å². The molecule has 2 aliphatic rings. The second-order valence-corrected chi connectivity index (χ2v) is 7.15. The number of likely N-dealkylation sites (tertiary alicyclic amines) is 1. The summed E-state index contributed by atoms with van der Waals surface area (Å²) in [5, 5.41) is 3.01. The van der Waals surface area contributed by atoms with E-state index < -0.39 is 0 Å². The van der Waals surface area contributed by atoms with E-state index in [1.165, 1.54) is 0 Å². The van der Waals surface area contributed by atoms with E-state index in [4.69, 9.17) is 10.5 Å². The van der Waals surface area contributed by atoms with E-state index in [0.29, 0.717) is 24.8 Å². The quantitative estimate of drug-likeness (QED) is 0.773. The van der Waals surface area contributed by atoms with Crippen LogP contribution in [0.2, 0.25) is 0 Å². The highest BCUT2D eigenvalue weighted by Gasteiger charge is 2.21.